The van der Waals surface area contributed by atoms with E-state index in [0.717, 1.165) is 38.9 Å². The summed E-state index contributed by atoms with van der Waals surface area (Å²) in [5.41, 5.74) is 8.17. The minimum Gasteiger partial charge on any atom is -0.384 e. The van der Waals surface area contributed by atoms with Gasteiger partial charge in [0, 0.05) is 25.7 Å². The maximum atomic E-state index is 11.9. The summed E-state index contributed by atoms with van der Waals surface area (Å²) in [6.45, 7) is 4.05. The van der Waals surface area contributed by atoms with Crippen molar-refractivity contribution in [2.45, 2.75) is 38.3 Å². The second kappa shape index (κ2) is 7.43. The van der Waals surface area contributed by atoms with Gasteiger partial charge in [-0.1, -0.05) is 30.3 Å². The Balaban J connectivity index is 1.56. The minimum absolute atomic E-state index is 0.137. The van der Waals surface area contributed by atoms with Gasteiger partial charge in [0.25, 0.3) is 5.91 Å². The number of piperidine rings is 1. The number of hydrogen-bond acceptors (Lipinski definition) is 4. The summed E-state index contributed by atoms with van der Waals surface area (Å²) in [5, 5.41) is 9.44. The number of carbonyl (C=O) groups excluding carboxylic acids is 1. The first-order valence-electron chi connectivity index (χ1n) is 8.64. The van der Waals surface area contributed by atoms with E-state index in [4.69, 9.17) is 0 Å². The van der Waals surface area contributed by atoms with Crippen molar-refractivity contribution >= 4 is 5.91 Å². The van der Waals surface area contributed by atoms with Crippen molar-refractivity contribution < 1.29 is 9.90 Å². The molecule has 2 aliphatic rings. The Kier molecular flexibility index (Phi) is 5.30. The molecule has 3 N–H and O–H groups in total. The molecule has 126 valence electrons. The van der Waals surface area contributed by atoms with Crippen LogP contribution in [0.4, 0.5) is 0 Å². The number of hydrogen-bond donors (Lipinski definition) is 3. The van der Waals surface area contributed by atoms with Crippen molar-refractivity contribution in [2.75, 3.05) is 19.6 Å². The average molecular weight is 317 g/mol. The quantitative estimate of drug-likeness (QED) is 0.773. The Morgan fingerprint density at radius 1 is 1.30 bits per heavy atom. The highest BCUT2D eigenvalue weighted by molar-refractivity contribution is 5.80. The topological polar surface area (TPSA) is 64.6 Å². The second-order valence-corrected chi connectivity index (χ2v) is 6.84. The molecule has 23 heavy (non-hydrogen) atoms. The highest BCUT2D eigenvalue weighted by Crippen LogP contribution is 2.28. The lowest BCUT2D eigenvalue weighted by atomic mass is 9.81. The Hall–Kier alpha value is -1.43. The SMILES string of the molecule is CC(O)C(=O)N1CCC(C2NNCC2Cc2ccccc2)CC1. The zero-order valence-electron chi connectivity index (χ0n) is 13.7. The lowest BCUT2D eigenvalue weighted by molar-refractivity contribution is -0.140. The van der Waals surface area contributed by atoms with Gasteiger partial charge in [0.2, 0.25) is 0 Å². The summed E-state index contributed by atoms with van der Waals surface area (Å²) in [5.74, 6) is 1.03. The smallest absolute Gasteiger partial charge is 0.251 e. The first kappa shape index (κ1) is 16.4. The van der Waals surface area contributed by atoms with Crippen molar-refractivity contribution in [3.8, 4) is 0 Å². The number of nitrogens with one attached hydrogen (secondary N) is 2. The number of rotatable bonds is 4. The fraction of sp³-hybridized carbons (Fsp3) is 0.611. The van der Waals surface area contributed by atoms with E-state index in [1.165, 1.54) is 5.56 Å². The number of carbonyl (C=O) groups is 1. The fourth-order valence-electron chi connectivity index (χ4n) is 3.91. The summed E-state index contributed by atoms with van der Waals surface area (Å²) in [4.78, 5) is 13.7. The molecule has 3 rings (SSSR count). The number of benzene rings is 1. The average Bonchev–Trinajstić information content (AvgIpc) is 3.03. The zero-order valence-corrected chi connectivity index (χ0v) is 13.7. The van der Waals surface area contributed by atoms with E-state index in [-0.39, 0.29) is 5.91 Å². The van der Waals surface area contributed by atoms with Gasteiger partial charge in [0.1, 0.15) is 6.10 Å². The molecular formula is C18H27N3O2. The van der Waals surface area contributed by atoms with Gasteiger partial charge < -0.3 is 10.0 Å². The van der Waals surface area contributed by atoms with E-state index in [0.29, 0.717) is 17.9 Å². The molecule has 0 bridgehead atoms. The lowest BCUT2D eigenvalue weighted by Gasteiger charge is -2.37. The van der Waals surface area contributed by atoms with Crippen LogP contribution < -0.4 is 10.9 Å². The Labute approximate surface area is 138 Å². The van der Waals surface area contributed by atoms with Crippen LogP contribution in [0.25, 0.3) is 0 Å². The maximum absolute atomic E-state index is 11.9. The van der Waals surface area contributed by atoms with Crippen molar-refractivity contribution in [3.05, 3.63) is 35.9 Å². The molecule has 0 aromatic heterocycles. The normalized spacial score (nSPS) is 27.1. The summed E-state index contributed by atoms with van der Waals surface area (Å²) >= 11 is 0. The van der Waals surface area contributed by atoms with E-state index in [1.807, 2.05) is 0 Å². The Bertz CT molecular complexity index is 512. The fourth-order valence-corrected chi connectivity index (χ4v) is 3.91. The molecule has 2 heterocycles. The predicted octanol–water partition coefficient (Wildman–Crippen LogP) is 0.941. The van der Waals surface area contributed by atoms with Crippen LogP contribution in [-0.2, 0) is 11.2 Å². The molecule has 0 radical (unpaired) electrons. The molecule has 0 spiro atoms. The molecule has 3 atom stereocenters. The number of likely N-dealkylation sites (tertiary alicyclic amines) is 1. The molecule has 1 aromatic rings. The molecule has 1 amide bonds. The van der Waals surface area contributed by atoms with Gasteiger partial charge >= 0.3 is 0 Å². The highest BCUT2D eigenvalue weighted by atomic mass is 16.3. The molecule has 2 saturated heterocycles. The van der Waals surface area contributed by atoms with E-state index < -0.39 is 6.10 Å². The number of hydrazine groups is 1. The third-order valence-corrected chi connectivity index (χ3v) is 5.20. The van der Waals surface area contributed by atoms with Crippen LogP contribution in [0.1, 0.15) is 25.3 Å². The molecule has 3 unspecified atom stereocenters. The van der Waals surface area contributed by atoms with Gasteiger partial charge in [-0.05, 0) is 43.6 Å². The van der Waals surface area contributed by atoms with Crippen LogP contribution in [-0.4, -0.2) is 47.7 Å². The Morgan fingerprint density at radius 3 is 2.65 bits per heavy atom. The standard InChI is InChI=1S/C18H27N3O2/c1-13(22)18(23)21-9-7-15(8-10-21)17-16(12-19-20-17)11-14-5-3-2-4-6-14/h2-6,13,15-17,19-20,22H,7-12H2,1H3. The second-order valence-electron chi connectivity index (χ2n) is 6.84. The monoisotopic (exact) mass is 317 g/mol. The summed E-state index contributed by atoms with van der Waals surface area (Å²) in [6, 6.07) is 11.1. The summed E-state index contributed by atoms with van der Waals surface area (Å²) in [7, 11) is 0. The van der Waals surface area contributed by atoms with Crippen molar-refractivity contribution in [2.24, 2.45) is 11.8 Å². The molecule has 2 fully saturated rings. The summed E-state index contributed by atoms with van der Waals surface area (Å²) < 4.78 is 0. The van der Waals surface area contributed by atoms with Crippen molar-refractivity contribution in [1.29, 1.82) is 0 Å². The van der Waals surface area contributed by atoms with Crippen LogP contribution in [0.15, 0.2) is 30.3 Å². The van der Waals surface area contributed by atoms with Crippen molar-refractivity contribution in [1.82, 2.24) is 15.8 Å². The Morgan fingerprint density at radius 2 is 2.00 bits per heavy atom. The maximum Gasteiger partial charge on any atom is 0.251 e. The first-order chi connectivity index (χ1) is 11.1. The van der Waals surface area contributed by atoms with Gasteiger partial charge in [-0.25, -0.2) is 0 Å². The number of aliphatic hydroxyl groups is 1. The minimum atomic E-state index is -0.886. The zero-order chi connectivity index (χ0) is 16.2. The first-order valence-corrected chi connectivity index (χ1v) is 8.64. The van der Waals surface area contributed by atoms with Gasteiger partial charge in [0.15, 0.2) is 0 Å². The van der Waals surface area contributed by atoms with Crippen LogP contribution in [0.5, 0.6) is 0 Å². The van der Waals surface area contributed by atoms with Gasteiger partial charge in [-0.3, -0.25) is 15.6 Å². The van der Waals surface area contributed by atoms with Gasteiger partial charge in [-0.15, -0.1) is 0 Å². The molecule has 2 aliphatic heterocycles. The number of nitrogens with zero attached hydrogens (tertiary/aromatic N) is 1. The number of amides is 1. The van der Waals surface area contributed by atoms with Crippen LogP contribution >= 0.6 is 0 Å². The van der Waals surface area contributed by atoms with Crippen LogP contribution in [0, 0.1) is 11.8 Å². The molecule has 5 heteroatoms. The molecule has 0 saturated carbocycles. The van der Waals surface area contributed by atoms with E-state index in [2.05, 4.69) is 41.2 Å². The third kappa shape index (κ3) is 3.91. The summed E-state index contributed by atoms with van der Waals surface area (Å²) in [6.07, 6.45) is 2.20. The van der Waals surface area contributed by atoms with Gasteiger partial charge in [-0.2, -0.15) is 0 Å². The third-order valence-electron chi connectivity index (χ3n) is 5.20. The molecule has 1 aromatic carbocycles. The van der Waals surface area contributed by atoms with E-state index >= 15 is 0 Å². The highest BCUT2D eigenvalue weighted by Gasteiger charge is 2.36. The van der Waals surface area contributed by atoms with Crippen molar-refractivity contribution in [3.63, 3.8) is 0 Å². The molecule has 0 aliphatic carbocycles. The molecular weight excluding hydrogens is 290 g/mol. The van der Waals surface area contributed by atoms with Gasteiger partial charge in [0.05, 0.1) is 0 Å². The number of aliphatic hydroxyl groups excluding tert-OH is 1. The predicted molar refractivity (Wildman–Crippen MR) is 89.5 cm³/mol. The van der Waals surface area contributed by atoms with Crippen LogP contribution in [0.2, 0.25) is 0 Å². The lowest BCUT2D eigenvalue weighted by Crippen LogP contribution is -2.48. The molecule has 5 nitrogen and oxygen atoms in total. The van der Waals surface area contributed by atoms with E-state index in [1.54, 1.807) is 11.8 Å². The van der Waals surface area contributed by atoms with E-state index in [9.17, 15) is 9.90 Å². The largest absolute Gasteiger partial charge is 0.384 e. The van der Waals surface area contributed by atoms with Crippen LogP contribution in [0.3, 0.4) is 0 Å².